The van der Waals surface area contributed by atoms with Gasteiger partial charge in [0.25, 0.3) is 0 Å². The van der Waals surface area contributed by atoms with E-state index in [9.17, 15) is 0 Å². The number of rotatable bonds is 3. The Labute approximate surface area is 169 Å². The summed E-state index contributed by atoms with van der Waals surface area (Å²) < 4.78 is 2.66. The fraction of sp³-hybridized carbons (Fsp3) is 0.115. The molecule has 3 aromatic carbocycles. The topological polar surface area (TPSA) is 12.9 Å². The quantitative estimate of drug-likeness (QED) is 0.317. The van der Waals surface area contributed by atoms with Crippen molar-refractivity contribution in [1.82, 2.24) is 4.98 Å². The van der Waals surface area contributed by atoms with E-state index in [4.69, 9.17) is 4.98 Å². The molecule has 28 heavy (non-hydrogen) atoms. The fourth-order valence-electron chi connectivity index (χ4n) is 3.88. The number of thiophene rings is 1. The third-order valence-electron chi connectivity index (χ3n) is 5.65. The maximum absolute atomic E-state index is 4.69. The zero-order valence-electron chi connectivity index (χ0n) is 16.0. The van der Waals surface area contributed by atoms with Crippen molar-refractivity contribution in [3.63, 3.8) is 0 Å². The third-order valence-corrected chi connectivity index (χ3v) is 6.80. The van der Waals surface area contributed by atoms with Crippen LogP contribution in [-0.4, -0.2) is 4.98 Å². The van der Waals surface area contributed by atoms with E-state index in [0.29, 0.717) is 0 Å². The van der Waals surface area contributed by atoms with E-state index >= 15 is 0 Å². The number of hydrogen-bond acceptors (Lipinski definition) is 2. The summed E-state index contributed by atoms with van der Waals surface area (Å²) in [6, 6.07) is 30.4. The van der Waals surface area contributed by atoms with Gasteiger partial charge in [-0.3, -0.25) is 4.98 Å². The summed E-state index contributed by atoms with van der Waals surface area (Å²) in [5, 5.41) is 2.64. The molecular formula is C26H21NS. The Morgan fingerprint density at radius 1 is 0.679 bits per heavy atom. The molecule has 0 saturated carbocycles. The van der Waals surface area contributed by atoms with E-state index in [1.54, 1.807) is 0 Å². The van der Waals surface area contributed by atoms with Crippen molar-refractivity contribution in [2.24, 2.45) is 0 Å². The van der Waals surface area contributed by atoms with Crippen molar-refractivity contribution in [2.45, 2.75) is 19.3 Å². The third kappa shape index (κ3) is 2.81. The van der Waals surface area contributed by atoms with Crippen LogP contribution in [0.15, 0.2) is 91.1 Å². The molecule has 0 radical (unpaired) electrons. The minimum Gasteiger partial charge on any atom is -0.256 e. The molecule has 0 unspecified atom stereocenters. The highest BCUT2D eigenvalue weighted by Crippen LogP contribution is 2.37. The largest absolute Gasteiger partial charge is 0.256 e. The number of fused-ring (bicyclic) bond motifs is 3. The van der Waals surface area contributed by atoms with Gasteiger partial charge in [-0.05, 0) is 41.5 Å². The van der Waals surface area contributed by atoms with Crippen LogP contribution >= 0.6 is 11.3 Å². The molecule has 2 heterocycles. The lowest BCUT2D eigenvalue weighted by Gasteiger charge is -2.26. The Bertz CT molecular complexity index is 1280. The molecule has 0 atom stereocenters. The Hall–Kier alpha value is -2.97. The fourth-order valence-corrected chi connectivity index (χ4v) is 4.97. The average Bonchev–Trinajstić information content (AvgIpc) is 3.12. The SMILES string of the molecule is CC(C)(c1ccccc1)c1ccnc(-c2ccc3sc4ccccc4c3c2)c1. The van der Waals surface area contributed by atoms with Crippen LogP contribution in [-0.2, 0) is 5.41 Å². The zero-order chi connectivity index (χ0) is 19.1. The van der Waals surface area contributed by atoms with Crippen LogP contribution in [0.25, 0.3) is 31.4 Å². The number of nitrogens with zero attached hydrogens (tertiary/aromatic N) is 1. The molecule has 0 bridgehead atoms. The number of pyridine rings is 1. The van der Waals surface area contributed by atoms with Crippen LogP contribution in [0.2, 0.25) is 0 Å². The van der Waals surface area contributed by atoms with E-state index < -0.39 is 0 Å². The Morgan fingerprint density at radius 3 is 2.29 bits per heavy atom. The van der Waals surface area contributed by atoms with E-state index in [1.807, 2.05) is 17.5 Å². The van der Waals surface area contributed by atoms with Crippen LogP contribution in [0, 0.1) is 0 Å². The molecule has 0 aliphatic heterocycles. The summed E-state index contributed by atoms with van der Waals surface area (Å²) in [5.74, 6) is 0. The minimum absolute atomic E-state index is 0.0713. The second-order valence-electron chi connectivity index (χ2n) is 7.73. The molecule has 136 valence electrons. The van der Waals surface area contributed by atoms with Crippen molar-refractivity contribution in [3.8, 4) is 11.3 Å². The summed E-state index contributed by atoms with van der Waals surface area (Å²) in [7, 11) is 0. The lowest BCUT2D eigenvalue weighted by Crippen LogP contribution is -2.18. The molecule has 0 aliphatic rings. The normalized spacial score (nSPS) is 11.9. The highest BCUT2D eigenvalue weighted by Gasteiger charge is 2.23. The van der Waals surface area contributed by atoms with Gasteiger partial charge in [0, 0.05) is 37.3 Å². The van der Waals surface area contributed by atoms with Gasteiger partial charge >= 0.3 is 0 Å². The standard InChI is InChI=1S/C26H21NS/c1-26(2,19-8-4-3-5-9-19)20-14-15-27-23(17-20)18-12-13-25-22(16-18)21-10-6-7-11-24(21)28-25/h3-17H,1-2H3. The molecule has 5 aromatic rings. The van der Waals surface area contributed by atoms with Crippen molar-refractivity contribution in [3.05, 3.63) is 102 Å². The van der Waals surface area contributed by atoms with Crippen LogP contribution in [0.4, 0.5) is 0 Å². The molecule has 0 spiro atoms. The van der Waals surface area contributed by atoms with E-state index in [0.717, 1.165) is 5.69 Å². The summed E-state index contributed by atoms with van der Waals surface area (Å²) in [5.41, 5.74) is 4.71. The molecule has 1 nitrogen and oxygen atoms in total. The van der Waals surface area contributed by atoms with E-state index in [2.05, 4.69) is 98.8 Å². The Balaban J connectivity index is 1.62. The summed E-state index contributed by atoms with van der Waals surface area (Å²) >= 11 is 1.85. The van der Waals surface area contributed by atoms with Crippen molar-refractivity contribution in [2.75, 3.05) is 0 Å². The average molecular weight is 380 g/mol. The van der Waals surface area contributed by atoms with Crippen molar-refractivity contribution in [1.29, 1.82) is 0 Å². The van der Waals surface area contributed by atoms with Crippen LogP contribution in [0.3, 0.4) is 0 Å². The predicted molar refractivity (Wildman–Crippen MR) is 121 cm³/mol. The van der Waals surface area contributed by atoms with Gasteiger partial charge in [-0.25, -0.2) is 0 Å². The molecule has 0 saturated heterocycles. The molecule has 5 rings (SSSR count). The number of benzene rings is 3. The van der Waals surface area contributed by atoms with Gasteiger partial charge in [-0.15, -0.1) is 11.3 Å². The first-order valence-electron chi connectivity index (χ1n) is 9.57. The minimum atomic E-state index is -0.0713. The number of hydrogen-bond donors (Lipinski definition) is 0. The van der Waals surface area contributed by atoms with Crippen LogP contribution in [0.5, 0.6) is 0 Å². The Kier molecular flexibility index (Phi) is 4.03. The molecule has 2 heteroatoms. The second kappa shape index (κ2) is 6.57. The molecule has 0 fully saturated rings. The van der Waals surface area contributed by atoms with E-state index in [1.165, 1.54) is 36.9 Å². The van der Waals surface area contributed by atoms with Gasteiger partial charge in [-0.1, -0.05) is 68.4 Å². The molecule has 0 amide bonds. The van der Waals surface area contributed by atoms with Crippen molar-refractivity contribution < 1.29 is 0 Å². The Morgan fingerprint density at radius 2 is 1.43 bits per heavy atom. The summed E-state index contributed by atoms with van der Waals surface area (Å²) in [6.07, 6.45) is 1.94. The first-order chi connectivity index (χ1) is 13.6. The lowest BCUT2D eigenvalue weighted by atomic mass is 9.78. The number of aromatic nitrogens is 1. The van der Waals surface area contributed by atoms with Gasteiger partial charge in [0.2, 0.25) is 0 Å². The van der Waals surface area contributed by atoms with Gasteiger partial charge in [0.15, 0.2) is 0 Å². The van der Waals surface area contributed by atoms with Crippen molar-refractivity contribution >= 4 is 31.5 Å². The monoisotopic (exact) mass is 379 g/mol. The smallest absolute Gasteiger partial charge is 0.0705 e. The van der Waals surface area contributed by atoms with Gasteiger partial charge in [0.05, 0.1) is 5.69 Å². The maximum Gasteiger partial charge on any atom is 0.0705 e. The first kappa shape index (κ1) is 17.2. The second-order valence-corrected chi connectivity index (χ2v) is 8.81. The van der Waals surface area contributed by atoms with E-state index in [-0.39, 0.29) is 5.41 Å². The highest BCUT2D eigenvalue weighted by molar-refractivity contribution is 7.25. The lowest BCUT2D eigenvalue weighted by molar-refractivity contribution is 0.640. The zero-order valence-corrected chi connectivity index (χ0v) is 16.8. The van der Waals surface area contributed by atoms with Gasteiger partial charge < -0.3 is 0 Å². The molecule has 0 N–H and O–H groups in total. The van der Waals surface area contributed by atoms with Gasteiger partial charge in [-0.2, -0.15) is 0 Å². The molecular weight excluding hydrogens is 358 g/mol. The van der Waals surface area contributed by atoms with Gasteiger partial charge in [0.1, 0.15) is 0 Å². The summed E-state index contributed by atoms with van der Waals surface area (Å²) in [6.45, 7) is 4.55. The highest BCUT2D eigenvalue weighted by atomic mass is 32.1. The summed E-state index contributed by atoms with van der Waals surface area (Å²) in [4.78, 5) is 4.69. The van der Waals surface area contributed by atoms with Crippen LogP contribution in [0.1, 0.15) is 25.0 Å². The molecule has 0 aliphatic carbocycles. The van der Waals surface area contributed by atoms with Crippen LogP contribution < -0.4 is 0 Å². The molecule has 2 aromatic heterocycles. The first-order valence-corrected chi connectivity index (χ1v) is 10.4. The maximum atomic E-state index is 4.69. The predicted octanol–water partition coefficient (Wildman–Crippen LogP) is 7.44.